The van der Waals surface area contributed by atoms with Crippen molar-refractivity contribution in [3.63, 3.8) is 0 Å². The van der Waals surface area contributed by atoms with Gasteiger partial charge in [0.05, 0.1) is 0 Å². The maximum atomic E-state index is 4.00. The molecule has 0 atom stereocenters. The van der Waals surface area contributed by atoms with E-state index in [-0.39, 0.29) is 0 Å². The lowest BCUT2D eigenvalue weighted by molar-refractivity contribution is 0.577. The molecule has 0 aliphatic rings. The van der Waals surface area contributed by atoms with E-state index in [1.54, 1.807) is 0 Å². The highest BCUT2D eigenvalue weighted by atomic mass is 15.0. The van der Waals surface area contributed by atoms with E-state index >= 15 is 0 Å². The van der Waals surface area contributed by atoms with Crippen molar-refractivity contribution in [2.24, 2.45) is 11.7 Å². The lowest BCUT2D eigenvalue weighted by Crippen LogP contribution is -2.02. The molecule has 0 aromatic heterocycles. The lowest BCUT2D eigenvalue weighted by Gasteiger charge is -1.99. The molecule has 0 rings (SSSR count). The third kappa shape index (κ3) is 19.9. The molecule has 0 unspecified atom stereocenters. The van der Waals surface area contributed by atoms with E-state index in [2.05, 4.69) is 37.7 Å². The topological polar surface area (TPSA) is 52.0 Å². The van der Waals surface area contributed by atoms with Crippen LogP contribution in [0.25, 0.3) is 0 Å². The molecule has 0 aromatic rings. The van der Waals surface area contributed by atoms with Crippen LogP contribution in [0, 0.1) is 0 Å². The minimum absolute atomic E-state index is 1.28. The van der Waals surface area contributed by atoms with Crippen LogP contribution in [0.3, 0.4) is 0 Å². The fourth-order valence-electron chi connectivity index (χ4n) is 1.56. The molecule has 2 nitrogen and oxygen atoms in total. The van der Waals surface area contributed by atoms with E-state index in [1.165, 1.54) is 57.8 Å². The summed E-state index contributed by atoms with van der Waals surface area (Å²) >= 11 is 0. The molecule has 0 radical (unpaired) electrons. The van der Waals surface area contributed by atoms with E-state index in [1.807, 2.05) is 0 Å². The van der Waals surface area contributed by atoms with Crippen molar-refractivity contribution < 1.29 is 0 Å². The van der Waals surface area contributed by atoms with E-state index in [0.717, 1.165) is 0 Å². The summed E-state index contributed by atoms with van der Waals surface area (Å²) in [5, 5.41) is 0. The van der Waals surface area contributed by atoms with Gasteiger partial charge in [-0.3, -0.25) is 11.7 Å². The van der Waals surface area contributed by atoms with Crippen LogP contribution in [0.5, 0.6) is 0 Å². The molecule has 0 saturated heterocycles. The second kappa shape index (κ2) is 19.3. The Morgan fingerprint density at radius 2 is 1.27 bits per heavy atom. The zero-order valence-corrected chi connectivity index (χ0v) is 10.7. The van der Waals surface area contributed by atoms with Crippen molar-refractivity contribution in [1.29, 1.82) is 0 Å². The molecule has 15 heavy (non-hydrogen) atoms. The highest BCUT2D eigenvalue weighted by Crippen LogP contribution is 2.09. The maximum absolute atomic E-state index is 4.00. The van der Waals surface area contributed by atoms with Crippen LogP contribution in [0.1, 0.15) is 71.6 Å². The van der Waals surface area contributed by atoms with Gasteiger partial charge in [-0.2, -0.15) is 0 Å². The van der Waals surface area contributed by atoms with Gasteiger partial charge in [-0.1, -0.05) is 64.0 Å². The van der Waals surface area contributed by atoms with Crippen LogP contribution in [0.15, 0.2) is 12.2 Å². The van der Waals surface area contributed by atoms with Crippen molar-refractivity contribution in [2.45, 2.75) is 71.6 Å². The zero-order chi connectivity index (χ0) is 11.8. The molecule has 0 aromatic carbocycles. The number of unbranched alkanes of at least 4 members (excludes halogenated alkanes) is 8. The number of hydrogen-bond acceptors (Lipinski definition) is 2. The van der Waals surface area contributed by atoms with Gasteiger partial charge >= 0.3 is 0 Å². The quantitative estimate of drug-likeness (QED) is 0.264. The van der Waals surface area contributed by atoms with Crippen molar-refractivity contribution in [3.05, 3.63) is 12.2 Å². The second-order valence-electron chi connectivity index (χ2n) is 3.83. The standard InChI is InChI=1S/C13H26.H4N2/c1-3-5-7-9-11-13-12-10-8-6-4-2;1-2/h3,5H,4,6-13H2,1-2H3;1-2H2. The summed E-state index contributed by atoms with van der Waals surface area (Å²) in [6, 6.07) is 0. The fraction of sp³-hybridized carbons (Fsp3) is 0.846. The normalized spacial score (nSPS) is 10.1. The Morgan fingerprint density at radius 1 is 0.800 bits per heavy atom. The van der Waals surface area contributed by atoms with Crippen LogP contribution in [-0.2, 0) is 0 Å². The van der Waals surface area contributed by atoms with Crippen LogP contribution in [-0.4, -0.2) is 0 Å². The van der Waals surface area contributed by atoms with Gasteiger partial charge in [0.15, 0.2) is 0 Å². The Labute approximate surface area is 96.1 Å². The first-order valence-electron chi connectivity index (χ1n) is 6.36. The molecular formula is C13H30N2. The van der Waals surface area contributed by atoms with Crippen LogP contribution < -0.4 is 11.7 Å². The first-order valence-corrected chi connectivity index (χ1v) is 6.36. The Hall–Kier alpha value is -0.340. The zero-order valence-electron chi connectivity index (χ0n) is 10.7. The summed E-state index contributed by atoms with van der Waals surface area (Å²) in [6.07, 6.45) is 17.1. The van der Waals surface area contributed by atoms with E-state index in [4.69, 9.17) is 0 Å². The Morgan fingerprint density at radius 3 is 1.73 bits per heavy atom. The van der Waals surface area contributed by atoms with Gasteiger partial charge in [-0.15, -0.1) is 0 Å². The largest absolute Gasteiger partial charge is 0.274 e. The molecule has 0 spiro atoms. The van der Waals surface area contributed by atoms with Gasteiger partial charge in [-0.05, 0) is 19.8 Å². The Kier molecular flexibility index (Phi) is 21.9. The molecule has 0 saturated carbocycles. The van der Waals surface area contributed by atoms with Gasteiger partial charge < -0.3 is 0 Å². The predicted molar refractivity (Wildman–Crippen MR) is 70.4 cm³/mol. The molecule has 0 fully saturated rings. The third-order valence-corrected chi connectivity index (χ3v) is 2.46. The molecule has 0 bridgehead atoms. The lowest BCUT2D eigenvalue weighted by atomic mass is 10.1. The SMILES string of the molecule is CC=CCCCCCCCCCC.NN. The molecule has 92 valence electrons. The maximum Gasteiger partial charge on any atom is -0.0351 e. The number of hydrogen-bond donors (Lipinski definition) is 2. The average Bonchev–Trinajstić information content (AvgIpc) is 2.30. The second-order valence-corrected chi connectivity index (χ2v) is 3.83. The first-order chi connectivity index (χ1) is 7.41. The summed E-state index contributed by atoms with van der Waals surface area (Å²) in [5.74, 6) is 8.00. The van der Waals surface area contributed by atoms with Gasteiger partial charge in [0.2, 0.25) is 0 Å². The fourth-order valence-corrected chi connectivity index (χ4v) is 1.56. The highest BCUT2D eigenvalue weighted by molar-refractivity contribution is 4.76. The molecular weight excluding hydrogens is 184 g/mol. The predicted octanol–water partition coefficient (Wildman–Crippen LogP) is 3.91. The number of allylic oxidation sites excluding steroid dienone is 2. The van der Waals surface area contributed by atoms with Gasteiger partial charge in [0.1, 0.15) is 0 Å². The molecule has 0 aliphatic carbocycles. The number of hydrazine groups is 1. The van der Waals surface area contributed by atoms with Crippen LogP contribution in [0.2, 0.25) is 0 Å². The molecule has 2 heteroatoms. The van der Waals surface area contributed by atoms with Gasteiger partial charge in [0.25, 0.3) is 0 Å². The Balaban J connectivity index is 0. The minimum Gasteiger partial charge on any atom is -0.274 e. The summed E-state index contributed by atoms with van der Waals surface area (Å²) in [7, 11) is 0. The summed E-state index contributed by atoms with van der Waals surface area (Å²) in [5.41, 5.74) is 0. The molecule has 0 aliphatic heterocycles. The van der Waals surface area contributed by atoms with E-state index < -0.39 is 0 Å². The van der Waals surface area contributed by atoms with Crippen LogP contribution in [0.4, 0.5) is 0 Å². The Bertz CT molecular complexity index is 111. The van der Waals surface area contributed by atoms with E-state index in [0.29, 0.717) is 0 Å². The summed E-state index contributed by atoms with van der Waals surface area (Å²) < 4.78 is 0. The smallest absolute Gasteiger partial charge is 0.0351 e. The summed E-state index contributed by atoms with van der Waals surface area (Å²) in [6.45, 7) is 4.38. The minimum atomic E-state index is 1.28. The first kappa shape index (κ1) is 17.1. The number of rotatable bonds is 9. The number of nitrogens with two attached hydrogens (primary N) is 2. The van der Waals surface area contributed by atoms with Crippen molar-refractivity contribution in [1.82, 2.24) is 0 Å². The van der Waals surface area contributed by atoms with Crippen molar-refractivity contribution in [3.8, 4) is 0 Å². The third-order valence-electron chi connectivity index (χ3n) is 2.46. The molecule has 0 amide bonds. The molecule has 4 N–H and O–H groups in total. The highest BCUT2D eigenvalue weighted by Gasteiger charge is 1.89. The van der Waals surface area contributed by atoms with Gasteiger partial charge in [0, 0.05) is 0 Å². The monoisotopic (exact) mass is 214 g/mol. The van der Waals surface area contributed by atoms with Gasteiger partial charge in [-0.25, -0.2) is 0 Å². The average molecular weight is 214 g/mol. The summed E-state index contributed by atoms with van der Waals surface area (Å²) in [4.78, 5) is 0. The molecule has 0 heterocycles. The van der Waals surface area contributed by atoms with E-state index in [9.17, 15) is 0 Å². The van der Waals surface area contributed by atoms with Crippen molar-refractivity contribution in [2.75, 3.05) is 0 Å². The van der Waals surface area contributed by atoms with Crippen LogP contribution >= 0.6 is 0 Å². The van der Waals surface area contributed by atoms with Crippen molar-refractivity contribution >= 4 is 0 Å².